The molecule has 0 aromatic carbocycles. The highest BCUT2D eigenvalue weighted by atomic mass is 16.6. The Morgan fingerprint density at radius 3 is 2.91 bits per heavy atom. The van der Waals surface area contributed by atoms with Crippen LogP contribution in [0.5, 0.6) is 0 Å². The minimum Gasteiger partial charge on any atom is -0.373 e. The summed E-state index contributed by atoms with van der Waals surface area (Å²) >= 11 is 0. The molecule has 0 bridgehead atoms. The van der Waals surface area contributed by atoms with Gasteiger partial charge in [-0.25, -0.2) is 0 Å². The molecule has 1 atom stereocenters. The van der Waals surface area contributed by atoms with E-state index in [4.69, 9.17) is 4.74 Å². The summed E-state index contributed by atoms with van der Waals surface area (Å²) in [6.45, 7) is 0.800. The van der Waals surface area contributed by atoms with Gasteiger partial charge in [0.1, 0.15) is 0 Å². The average Bonchev–Trinajstić information content (AvgIpc) is 2.70. The molecular formula is C7H11NO3. The van der Waals surface area contributed by atoms with Crippen LogP contribution in [-0.2, 0) is 4.74 Å². The van der Waals surface area contributed by atoms with Crippen molar-refractivity contribution >= 4 is 0 Å². The summed E-state index contributed by atoms with van der Waals surface area (Å²) in [7, 11) is 0. The second-order valence-corrected chi connectivity index (χ2v) is 2.52. The van der Waals surface area contributed by atoms with Gasteiger partial charge in [0, 0.05) is 4.92 Å². The number of allylic oxidation sites excluding steroid dienone is 1. The van der Waals surface area contributed by atoms with Crippen LogP contribution in [0.4, 0.5) is 0 Å². The smallest absolute Gasteiger partial charge is 0.222 e. The van der Waals surface area contributed by atoms with Gasteiger partial charge in [-0.1, -0.05) is 6.08 Å². The first kappa shape index (κ1) is 8.20. The van der Waals surface area contributed by atoms with Crippen LogP contribution in [0, 0.1) is 10.1 Å². The van der Waals surface area contributed by atoms with E-state index in [-0.39, 0.29) is 11.5 Å². The second-order valence-electron chi connectivity index (χ2n) is 2.52. The lowest BCUT2D eigenvalue weighted by atomic mass is 10.2. The van der Waals surface area contributed by atoms with Gasteiger partial charge in [-0.05, 0) is 18.9 Å². The number of ether oxygens (including phenoxy) is 1. The average molecular weight is 157 g/mol. The van der Waals surface area contributed by atoms with Crippen molar-refractivity contribution < 1.29 is 9.66 Å². The Bertz CT molecular complexity index is 163. The minimum atomic E-state index is -0.343. The Balaban J connectivity index is 1.91. The number of hydrogen-bond donors (Lipinski definition) is 0. The summed E-state index contributed by atoms with van der Waals surface area (Å²) in [5.41, 5.74) is 0. The van der Waals surface area contributed by atoms with E-state index < -0.39 is 0 Å². The number of hydrogen-bond acceptors (Lipinski definition) is 3. The van der Waals surface area contributed by atoms with Crippen LogP contribution in [-0.4, -0.2) is 24.2 Å². The fourth-order valence-electron chi connectivity index (χ4n) is 0.795. The molecule has 1 unspecified atom stereocenters. The highest BCUT2D eigenvalue weighted by Crippen LogP contribution is 2.15. The topological polar surface area (TPSA) is 55.7 Å². The summed E-state index contributed by atoms with van der Waals surface area (Å²) in [4.78, 5) is 9.50. The van der Waals surface area contributed by atoms with Crippen molar-refractivity contribution in [1.29, 1.82) is 0 Å². The molecule has 0 saturated carbocycles. The normalized spacial score (nSPS) is 22.4. The van der Waals surface area contributed by atoms with Crippen LogP contribution >= 0.6 is 0 Å². The molecule has 0 aliphatic carbocycles. The number of epoxide rings is 1. The summed E-state index contributed by atoms with van der Waals surface area (Å²) in [5, 5.41) is 9.84. The van der Waals surface area contributed by atoms with Gasteiger partial charge in [0.2, 0.25) is 6.54 Å². The number of nitrogens with zero attached hydrogens (tertiary/aromatic N) is 1. The van der Waals surface area contributed by atoms with Gasteiger partial charge in [-0.2, -0.15) is 0 Å². The standard InChI is InChI=1S/C7H11NO3/c9-8(10)5-3-1-2-4-7-6-11-7/h1,3,7H,2,4-6H2. The highest BCUT2D eigenvalue weighted by molar-refractivity contribution is 4.83. The molecule has 0 radical (unpaired) electrons. The Hall–Kier alpha value is -0.900. The van der Waals surface area contributed by atoms with E-state index in [0.29, 0.717) is 6.10 Å². The first-order chi connectivity index (χ1) is 5.29. The Kier molecular flexibility index (Phi) is 3.04. The third-order valence-corrected chi connectivity index (χ3v) is 1.48. The molecule has 0 amide bonds. The van der Waals surface area contributed by atoms with Crippen molar-refractivity contribution in [3.63, 3.8) is 0 Å². The molecule has 0 aromatic rings. The lowest BCUT2D eigenvalue weighted by Gasteiger charge is -1.86. The lowest BCUT2D eigenvalue weighted by Crippen LogP contribution is -1.95. The molecule has 1 aliphatic heterocycles. The number of rotatable bonds is 5. The third kappa shape index (κ3) is 4.50. The maximum Gasteiger partial charge on any atom is 0.222 e. The summed E-state index contributed by atoms with van der Waals surface area (Å²) in [5.74, 6) is 0. The van der Waals surface area contributed by atoms with Gasteiger partial charge >= 0.3 is 0 Å². The molecule has 1 saturated heterocycles. The van der Waals surface area contributed by atoms with Crippen molar-refractivity contribution in [1.82, 2.24) is 0 Å². The predicted molar refractivity (Wildman–Crippen MR) is 40.0 cm³/mol. The Labute approximate surface area is 65.0 Å². The molecule has 4 heteroatoms. The van der Waals surface area contributed by atoms with Crippen molar-refractivity contribution in [2.75, 3.05) is 13.2 Å². The quantitative estimate of drug-likeness (QED) is 0.259. The monoisotopic (exact) mass is 157 g/mol. The van der Waals surface area contributed by atoms with Crippen molar-refractivity contribution in [3.05, 3.63) is 22.3 Å². The van der Waals surface area contributed by atoms with Crippen LogP contribution in [0.3, 0.4) is 0 Å². The molecule has 0 N–H and O–H groups in total. The van der Waals surface area contributed by atoms with Crippen molar-refractivity contribution in [2.24, 2.45) is 0 Å². The molecule has 0 spiro atoms. The fourth-order valence-corrected chi connectivity index (χ4v) is 0.795. The first-order valence-corrected chi connectivity index (χ1v) is 3.67. The van der Waals surface area contributed by atoms with E-state index in [1.807, 2.05) is 6.08 Å². The van der Waals surface area contributed by atoms with E-state index >= 15 is 0 Å². The van der Waals surface area contributed by atoms with Gasteiger partial charge < -0.3 is 4.74 Å². The van der Waals surface area contributed by atoms with Gasteiger partial charge in [-0.3, -0.25) is 10.1 Å². The lowest BCUT2D eigenvalue weighted by molar-refractivity contribution is -0.468. The van der Waals surface area contributed by atoms with E-state index in [1.54, 1.807) is 6.08 Å². The maximum absolute atomic E-state index is 9.84. The van der Waals surface area contributed by atoms with E-state index in [2.05, 4.69) is 0 Å². The maximum atomic E-state index is 9.84. The molecular weight excluding hydrogens is 146 g/mol. The molecule has 1 rings (SSSR count). The van der Waals surface area contributed by atoms with Crippen LogP contribution in [0.2, 0.25) is 0 Å². The number of nitro groups is 1. The van der Waals surface area contributed by atoms with Gasteiger partial charge in [0.05, 0.1) is 12.7 Å². The minimum absolute atomic E-state index is 0.0640. The molecule has 11 heavy (non-hydrogen) atoms. The molecule has 1 heterocycles. The second kappa shape index (κ2) is 4.08. The summed E-state index contributed by atoms with van der Waals surface area (Å²) in [6.07, 6.45) is 5.73. The Morgan fingerprint density at radius 2 is 2.36 bits per heavy atom. The molecule has 62 valence electrons. The van der Waals surface area contributed by atoms with E-state index in [0.717, 1.165) is 19.4 Å². The largest absolute Gasteiger partial charge is 0.373 e. The van der Waals surface area contributed by atoms with Gasteiger partial charge in [-0.15, -0.1) is 0 Å². The van der Waals surface area contributed by atoms with Crippen LogP contribution in [0.25, 0.3) is 0 Å². The fraction of sp³-hybridized carbons (Fsp3) is 0.714. The summed E-state index contributed by atoms with van der Waals surface area (Å²) < 4.78 is 4.97. The van der Waals surface area contributed by atoms with Crippen LogP contribution < -0.4 is 0 Å². The van der Waals surface area contributed by atoms with Gasteiger partial charge in [0.25, 0.3) is 0 Å². The van der Waals surface area contributed by atoms with Crippen molar-refractivity contribution in [3.8, 4) is 0 Å². The predicted octanol–water partition coefficient (Wildman–Crippen LogP) is 0.998. The molecule has 1 fully saturated rings. The Morgan fingerprint density at radius 1 is 1.64 bits per heavy atom. The highest BCUT2D eigenvalue weighted by Gasteiger charge is 2.20. The summed E-state index contributed by atoms with van der Waals surface area (Å²) in [6, 6.07) is 0. The molecule has 4 nitrogen and oxygen atoms in total. The zero-order valence-corrected chi connectivity index (χ0v) is 6.23. The van der Waals surface area contributed by atoms with Crippen LogP contribution in [0.1, 0.15) is 12.8 Å². The molecule has 1 aliphatic rings. The zero-order chi connectivity index (χ0) is 8.10. The third-order valence-electron chi connectivity index (χ3n) is 1.48. The molecule has 0 aromatic heterocycles. The zero-order valence-electron chi connectivity index (χ0n) is 6.23. The SMILES string of the molecule is O=[N+]([O-])CC=CCCC1CO1. The van der Waals surface area contributed by atoms with Crippen LogP contribution in [0.15, 0.2) is 12.2 Å². The van der Waals surface area contributed by atoms with Crippen molar-refractivity contribution in [2.45, 2.75) is 18.9 Å². The van der Waals surface area contributed by atoms with E-state index in [1.165, 1.54) is 0 Å². The first-order valence-electron chi connectivity index (χ1n) is 3.67. The van der Waals surface area contributed by atoms with Gasteiger partial charge in [0.15, 0.2) is 0 Å². The van der Waals surface area contributed by atoms with E-state index in [9.17, 15) is 10.1 Å².